The summed E-state index contributed by atoms with van der Waals surface area (Å²) in [6.45, 7) is 3.16. The molecular formula is C8H17N2O4. The lowest BCUT2D eigenvalue weighted by molar-refractivity contribution is -0.138. The molecule has 0 aliphatic carbocycles. The van der Waals surface area contributed by atoms with E-state index in [1.807, 2.05) is 0 Å². The Morgan fingerprint density at radius 1 is 1.29 bits per heavy atom. The van der Waals surface area contributed by atoms with Gasteiger partial charge in [0.05, 0.1) is 6.92 Å². The van der Waals surface area contributed by atoms with Crippen molar-refractivity contribution in [2.75, 3.05) is 6.54 Å². The van der Waals surface area contributed by atoms with Gasteiger partial charge in [0.2, 0.25) is 0 Å². The molecule has 6 heteroatoms. The van der Waals surface area contributed by atoms with E-state index in [-0.39, 0.29) is 0 Å². The smallest absolute Gasteiger partial charge is 0.320 e. The molecule has 0 saturated heterocycles. The molecule has 0 aliphatic heterocycles. The third kappa shape index (κ3) is 17.1. The molecule has 0 bridgehead atoms. The third-order valence-corrected chi connectivity index (χ3v) is 1.29. The summed E-state index contributed by atoms with van der Waals surface area (Å²) < 4.78 is 0. The first-order valence-electron chi connectivity index (χ1n) is 4.15. The summed E-state index contributed by atoms with van der Waals surface area (Å²) in [5.74, 6) is -2.02. The number of carbonyl (C=O) groups is 2. The SMILES string of the molecule is NCCCCC(N)C(=O)O.[CH2]C(=O)O. The van der Waals surface area contributed by atoms with Crippen molar-refractivity contribution in [1.82, 2.24) is 0 Å². The van der Waals surface area contributed by atoms with Gasteiger partial charge in [0.25, 0.3) is 0 Å². The molecule has 0 saturated carbocycles. The average molecular weight is 205 g/mol. The van der Waals surface area contributed by atoms with Crippen LogP contribution >= 0.6 is 0 Å². The van der Waals surface area contributed by atoms with Crippen LogP contribution in [-0.4, -0.2) is 34.7 Å². The van der Waals surface area contributed by atoms with Gasteiger partial charge in [-0.3, -0.25) is 9.59 Å². The minimum Gasteiger partial charge on any atom is -0.481 e. The Morgan fingerprint density at radius 3 is 2.00 bits per heavy atom. The van der Waals surface area contributed by atoms with Crippen LogP contribution in [0.5, 0.6) is 0 Å². The molecule has 0 aromatic heterocycles. The van der Waals surface area contributed by atoms with Crippen LogP contribution in [0, 0.1) is 6.92 Å². The highest BCUT2D eigenvalue weighted by atomic mass is 16.4. The zero-order chi connectivity index (χ0) is 11.6. The lowest BCUT2D eigenvalue weighted by Crippen LogP contribution is -2.29. The third-order valence-electron chi connectivity index (χ3n) is 1.29. The van der Waals surface area contributed by atoms with Crippen LogP contribution in [0.15, 0.2) is 0 Å². The van der Waals surface area contributed by atoms with Crippen molar-refractivity contribution in [2.24, 2.45) is 11.5 Å². The van der Waals surface area contributed by atoms with E-state index in [1.54, 1.807) is 0 Å². The Bertz CT molecular complexity index is 169. The lowest BCUT2D eigenvalue weighted by atomic mass is 10.1. The van der Waals surface area contributed by atoms with Crippen LogP contribution in [0.2, 0.25) is 0 Å². The fourth-order valence-corrected chi connectivity index (χ4v) is 0.632. The van der Waals surface area contributed by atoms with E-state index >= 15 is 0 Å². The fourth-order valence-electron chi connectivity index (χ4n) is 0.632. The molecule has 0 aromatic rings. The highest BCUT2D eigenvalue weighted by Gasteiger charge is 2.09. The maximum absolute atomic E-state index is 10.1. The van der Waals surface area contributed by atoms with E-state index in [4.69, 9.17) is 26.5 Å². The van der Waals surface area contributed by atoms with E-state index in [9.17, 15) is 4.79 Å². The van der Waals surface area contributed by atoms with Gasteiger partial charge in [0, 0.05) is 0 Å². The first-order valence-corrected chi connectivity index (χ1v) is 4.15. The second-order valence-electron chi connectivity index (χ2n) is 2.62. The maximum atomic E-state index is 10.1. The van der Waals surface area contributed by atoms with Crippen LogP contribution < -0.4 is 11.5 Å². The molecule has 0 spiro atoms. The summed E-state index contributed by atoms with van der Waals surface area (Å²) in [7, 11) is 0. The Morgan fingerprint density at radius 2 is 1.71 bits per heavy atom. The van der Waals surface area contributed by atoms with E-state index < -0.39 is 18.0 Å². The van der Waals surface area contributed by atoms with Crippen LogP contribution in [0.1, 0.15) is 19.3 Å². The summed E-state index contributed by atoms with van der Waals surface area (Å²) in [5.41, 5.74) is 10.4. The maximum Gasteiger partial charge on any atom is 0.320 e. The van der Waals surface area contributed by atoms with Crippen molar-refractivity contribution in [2.45, 2.75) is 25.3 Å². The highest BCUT2D eigenvalue weighted by Crippen LogP contribution is 1.96. The topological polar surface area (TPSA) is 127 Å². The van der Waals surface area contributed by atoms with Gasteiger partial charge in [-0.2, -0.15) is 0 Å². The van der Waals surface area contributed by atoms with Gasteiger partial charge in [-0.25, -0.2) is 0 Å². The molecule has 83 valence electrons. The van der Waals surface area contributed by atoms with Crippen LogP contribution in [-0.2, 0) is 9.59 Å². The summed E-state index contributed by atoms with van der Waals surface area (Å²) in [6, 6.07) is -0.716. The summed E-state index contributed by atoms with van der Waals surface area (Å²) in [6.07, 6.45) is 2.16. The fraction of sp³-hybridized carbons (Fsp3) is 0.625. The molecule has 6 nitrogen and oxygen atoms in total. The Kier molecular flexibility index (Phi) is 10.9. The lowest BCUT2D eigenvalue weighted by Gasteiger charge is -2.03. The quantitative estimate of drug-likeness (QED) is 0.445. The van der Waals surface area contributed by atoms with Crippen LogP contribution in [0.4, 0.5) is 0 Å². The second kappa shape index (κ2) is 9.94. The number of nitrogens with two attached hydrogens (primary N) is 2. The number of carboxylic acid groups (broad SMARTS) is 2. The molecule has 0 amide bonds. The van der Waals surface area contributed by atoms with Crippen molar-refractivity contribution < 1.29 is 19.8 Å². The van der Waals surface area contributed by atoms with Gasteiger partial charge in [0.15, 0.2) is 0 Å². The minimum absolute atomic E-state index is 0.520. The second-order valence-corrected chi connectivity index (χ2v) is 2.62. The molecule has 0 fully saturated rings. The summed E-state index contributed by atoms with van der Waals surface area (Å²) in [5, 5.41) is 15.6. The van der Waals surface area contributed by atoms with Gasteiger partial charge in [-0.05, 0) is 19.4 Å². The van der Waals surface area contributed by atoms with Crippen molar-refractivity contribution in [1.29, 1.82) is 0 Å². The molecular weight excluding hydrogens is 188 g/mol. The molecule has 0 rings (SSSR count). The van der Waals surface area contributed by atoms with E-state index in [1.165, 1.54) is 0 Å². The van der Waals surface area contributed by atoms with E-state index in [0.29, 0.717) is 13.0 Å². The summed E-state index contributed by atoms with van der Waals surface area (Å²) >= 11 is 0. The predicted octanol–water partition coefficient (Wildman–Crippen LogP) is -0.568. The van der Waals surface area contributed by atoms with Gasteiger partial charge in [0.1, 0.15) is 6.04 Å². The summed E-state index contributed by atoms with van der Waals surface area (Å²) in [4.78, 5) is 19.0. The van der Waals surface area contributed by atoms with Gasteiger partial charge >= 0.3 is 11.9 Å². The molecule has 0 aliphatic rings. The van der Waals surface area contributed by atoms with Crippen molar-refractivity contribution in [3.63, 3.8) is 0 Å². The molecule has 6 N–H and O–H groups in total. The van der Waals surface area contributed by atoms with E-state index in [2.05, 4.69) is 6.92 Å². The van der Waals surface area contributed by atoms with E-state index in [0.717, 1.165) is 12.8 Å². The number of unbranched alkanes of at least 4 members (excludes halogenated alkanes) is 1. The van der Waals surface area contributed by atoms with Crippen molar-refractivity contribution >= 4 is 11.9 Å². The molecule has 1 atom stereocenters. The predicted molar refractivity (Wildman–Crippen MR) is 51.5 cm³/mol. The number of carboxylic acids is 2. The Balaban J connectivity index is 0. The first-order chi connectivity index (χ1) is 6.41. The van der Waals surface area contributed by atoms with Crippen LogP contribution in [0.25, 0.3) is 0 Å². The number of hydrogen-bond acceptors (Lipinski definition) is 4. The number of hydrogen-bond donors (Lipinski definition) is 4. The van der Waals surface area contributed by atoms with Crippen molar-refractivity contribution in [3.05, 3.63) is 6.92 Å². The minimum atomic E-state index is -1.08. The molecule has 1 radical (unpaired) electrons. The van der Waals surface area contributed by atoms with Crippen molar-refractivity contribution in [3.8, 4) is 0 Å². The average Bonchev–Trinajstić information content (AvgIpc) is 2.03. The zero-order valence-corrected chi connectivity index (χ0v) is 7.98. The zero-order valence-electron chi connectivity index (χ0n) is 7.98. The molecule has 14 heavy (non-hydrogen) atoms. The molecule has 0 heterocycles. The van der Waals surface area contributed by atoms with Gasteiger partial charge < -0.3 is 21.7 Å². The normalized spacial score (nSPS) is 11.1. The highest BCUT2D eigenvalue weighted by molar-refractivity contribution is 5.72. The monoisotopic (exact) mass is 205 g/mol. The number of aliphatic carboxylic acids is 2. The molecule has 0 aromatic carbocycles. The Hall–Kier alpha value is -1.14. The van der Waals surface area contributed by atoms with Gasteiger partial charge in [-0.1, -0.05) is 6.42 Å². The van der Waals surface area contributed by atoms with Crippen LogP contribution in [0.3, 0.4) is 0 Å². The first kappa shape index (κ1) is 15.3. The number of rotatable bonds is 5. The van der Waals surface area contributed by atoms with Gasteiger partial charge in [-0.15, -0.1) is 0 Å². The standard InChI is InChI=1S/C6H14N2O2.C2H3O2/c7-4-2-1-3-5(8)6(9)10;1-2(3)4/h5H,1-4,7-8H2,(H,9,10);1H2,(H,3,4). The Labute approximate surface area is 82.9 Å². The largest absolute Gasteiger partial charge is 0.481 e. The molecule has 1 unspecified atom stereocenters.